The van der Waals surface area contributed by atoms with E-state index in [1.807, 2.05) is 10.3 Å². The molecule has 2 rings (SSSR count). The molecule has 19 heavy (non-hydrogen) atoms. The van der Waals surface area contributed by atoms with Crippen molar-refractivity contribution in [1.29, 1.82) is 0 Å². The zero-order valence-corrected chi connectivity index (χ0v) is 11.7. The van der Waals surface area contributed by atoms with Crippen molar-refractivity contribution in [3.8, 4) is 0 Å². The molecule has 3 N–H and O–H groups in total. The first-order valence-corrected chi connectivity index (χ1v) is 7.05. The van der Waals surface area contributed by atoms with E-state index < -0.39 is 0 Å². The summed E-state index contributed by atoms with van der Waals surface area (Å²) in [5.41, 5.74) is 6.30. The maximum Gasteiger partial charge on any atom is 0.266 e. The molecule has 0 unspecified atom stereocenters. The normalized spacial score (nSPS) is 16.4. The number of carbonyl (C=O) groups is 2. The van der Waals surface area contributed by atoms with Gasteiger partial charge in [0.05, 0.1) is 12.2 Å². The topological polar surface area (TPSA) is 78.7 Å². The molecule has 0 aliphatic carbocycles. The number of piperazine rings is 1. The molecule has 1 aliphatic heterocycles. The maximum absolute atomic E-state index is 12.2. The smallest absolute Gasteiger partial charge is 0.266 e. The standard InChI is InChI=1S/C12H18N4O2S/c1-14-10(17)8-15-3-5-16(6-4-15)12(18)11-9(13)2-7-19-11/h2,7H,3-6,8,13H2,1H3,(H,14,17). The van der Waals surface area contributed by atoms with Gasteiger partial charge in [-0.1, -0.05) is 0 Å². The molecule has 1 fully saturated rings. The second-order valence-electron chi connectivity index (χ2n) is 4.45. The third-order valence-electron chi connectivity index (χ3n) is 3.20. The van der Waals surface area contributed by atoms with Gasteiger partial charge >= 0.3 is 0 Å². The lowest BCUT2D eigenvalue weighted by molar-refractivity contribution is -0.122. The Labute approximate surface area is 116 Å². The number of rotatable bonds is 3. The number of hydrogen-bond acceptors (Lipinski definition) is 5. The average molecular weight is 282 g/mol. The first-order valence-electron chi connectivity index (χ1n) is 6.17. The Bertz CT molecular complexity index is 466. The van der Waals surface area contributed by atoms with Gasteiger partial charge in [0.1, 0.15) is 4.88 Å². The Morgan fingerprint density at radius 2 is 2.05 bits per heavy atom. The summed E-state index contributed by atoms with van der Waals surface area (Å²) < 4.78 is 0. The summed E-state index contributed by atoms with van der Waals surface area (Å²) in [5, 5.41) is 4.42. The lowest BCUT2D eigenvalue weighted by Gasteiger charge is -2.34. The molecule has 0 bridgehead atoms. The number of amides is 2. The Morgan fingerprint density at radius 3 is 2.58 bits per heavy atom. The molecule has 0 radical (unpaired) electrons. The molecule has 1 aliphatic rings. The highest BCUT2D eigenvalue weighted by Gasteiger charge is 2.24. The third kappa shape index (κ3) is 3.24. The molecule has 2 heterocycles. The molecule has 1 aromatic heterocycles. The molecule has 7 heteroatoms. The van der Waals surface area contributed by atoms with Crippen molar-refractivity contribution >= 4 is 28.8 Å². The van der Waals surface area contributed by atoms with Crippen molar-refractivity contribution in [2.24, 2.45) is 0 Å². The van der Waals surface area contributed by atoms with Gasteiger partial charge in [-0.15, -0.1) is 11.3 Å². The van der Waals surface area contributed by atoms with E-state index in [4.69, 9.17) is 5.73 Å². The number of anilines is 1. The molecule has 1 saturated heterocycles. The summed E-state index contributed by atoms with van der Waals surface area (Å²) in [4.78, 5) is 28.0. The minimum Gasteiger partial charge on any atom is -0.397 e. The number of hydrogen-bond donors (Lipinski definition) is 2. The number of nitrogens with two attached hydrogens (primary N) is 1. The minimum atomic E-state index is -0.00732. The molecule has 0 spiro atoms. The minimum absolute atomic E-state index is 0.00211. The number of nitrogen functional groups attached to an aromatic ring is 1. The van der Waals surface area contributed by atoms with Crippen LogP contribution in [0.15, 0.2) is 11.4 Å². The number of nitrogens with one attached hydrogen (secondary N) is 1. The fourth-order valence-electron chi connectivity index (χ4n) is 2.03. The Morgan fingerprint density at radius 1 is 1.37 bits per heavy atom. The SMILES string of the molecule is CNC(=O)CN1CCN(C(=O)c2sccc2N)CC1. The summed E-state index contributed by atoms with van der Waals surface area (Å²) in [7, 11) is 1.63. The van der Waals surface area contributed by atoms with Gasteiger partial charge < -0.3 is 16.0 Å². The summed E-state index contributed by atoms with van der Waals surface area (Å²) in [6.45, 7) is 3.08. The Balaban J connectivity index is 1.88. The van der Waals surface area contributed by atoms with Crippen LogP contribution >= 0.6 is 11.3 Å². The molecule has 6 nitrogen and oxygen atoms in total. The predicted molar refractivity (Wildman–Crippen MR) is 75.1 cm³/mol. The van der Waals surface area contributed by atoms with E-state index in [2.05, 4.69) is 5.32 Å². The fraction of sp³-hybridized carbons (Fsp3) is 0.500. The third-order valence-corrected chi connectivity index (χ3v) is 4.11. The maximum atomic E-state index is 12.2. The van der Waals surface area contributed by atoms with Gasteiger partial charge in [-0.25, -0.2) is 0 Å². The molecule has 104 valence electrons. The van der Waals surface area contributed by atoms with E-state index in [0.29, 0.717) is 43.3 Å². The van der Waals surface area contributed by atoms with Crippen molar-refractivity contribution in [3.05, 3.63) is 16.3 Å². The lowest BCUT2D eigenvalue weighted by atomic mass is 10.2. The van der Waals surface area contributed by atoms with E-state index in [1.54, 1.807) is 18.0 Å². The zero-order valence-electron chi connectivity index (χ0n) is 10.9. The fourth-order valence-corrected chi connectivity index (χ4v) is 2.81. The van der Waals surface area contributed by atoms with Gasteiger partial charge in [0, 0.05) is 33.2 Å². The highest BCUT2D eigenvalue weighted by atomic mass is 32.1. The summed E-state index contributed by atoms with van der Waals surface area (Å²) in [6, 6.07) is 1.75. The van der Waals surface area contributed by atoms with Gasteiger partial charge in [0.2, 0.25) is 5.91 Å². The Hall–Kier alpha value is -1.60. The zero-order chi connectivity index (χ0) is 13.8. The average Bonchev–Trinajstić information content (AvgIpc) is 2.85. The van der Waals surface area contributed by atoms with Crippen LogP contribution in [0.4, 0.5) is 5.69 Å². The van der Waals surface area contributed by atoms with Crippen LogP contribution in [0.25, 0.3) is 0 Å². The lowest BCUT2D eigenvalue weighted by Crippen LogP contribution is -2.50. The Kier molecular flexibility index (Phi) is 4.39. The second-order valence-corrected chi connectivity index (χ2v) is 5.36. The molecule has 0 atom stereocenters. The van der Waals surface area contributed by atoms with Crippen LogP contribution in [0, 0.1) is 0 Å². The summed E-state index contributed by atoms with van der Waals surface area (Å²) in [5.74, 6) is -0.00521. The summed E-state index contributed by atoms with van der Waals surface area (Å²) in [6.07, 6.45) is 0. The van der Waals surface area contributed by atoms with E-state index in [-0.39, 0.29) is 11.8 Å². The highest BCUT2D eigenvalue weighted by molar-refractivity contribution is 7.12. The van der Waals surface area contributed by atoms with Crippen LogP contribution in [-0.2, 0) is 4.79 Å². The molecule has 0 aromatic carbocycles. The van der Waals surface area contributed by atoms with Crippen LogP contribution < -0.4 is 11.1 Å². The van der Waals surface area contributed by atoms with Crippen LogP contribution in [0.3, 0.4) is 0 Å². The number of thiophene rings is 1. The summed E-state index contributed by atoms with van der Waals surface area (Å²) >= 11 is 1.37. The van der Waals surface area contributed by atoms with Crippen molar-refractivity contribution in [2.45, 2.75) is 0 Å². The molecule has 1 aromatic rings. The first kappa shape index (κ1) is 13.8. The molecular weight excluding hydrogens is 264 g/mol. The van der Waals surface area contributed by atoms with Crippen molar-refractivity contribution in [3.63, 3.8) is 0 Å². The predicted octanol–water partition coefficient (Wildman–Crippen LogP) is -0.166. The molecule has 2 amide bonds. The largest absolute Gasteiger partial charge is 0.397 e. The van der Waals surface area contributed by atoms with Gasteiger partial charge in [0.15, 0.2) is 0 Å². The van der Waals surface area contributed by atoms with Crippen molar-refractivity contribution in [2.75, 3.05) is 45.5 Å². The van der Waals surface area contributed by atoms with Gasteiger partial charge in [-0.2, -0.15) is 0 Å². The van der Waals surface area contributed by atoms with E-state index >= 15 is 0 Å². The van der Waals surface area contributed by atoms with E-state index in [1.165, 1.54) is 11.3 Å². The van der Waals surface area contributed by atoms with Gasteiger partial charge in [-0.3, -0.25) is 14.5 Å². The van der Waals surface area contributed by atoms with Crippen LogP contribution in [0.1, 0.15) is 9.67 Å². The van der Waals surface area contributed by atoms with Gasteiger partial charge in [-0.05, 0) is 11.4 Å². The van der Waals surface area contributed by atoms with Crippen LogP contribution in [0.5, 0.6) is 0 Å². The van der Waals surface area contributed by atoms with E-state index in [9.17, 15) is 9.59 Å². The quantitative estimate of drug-likeness (QED) is 0.807. The monoisotopic (exact) mass is 282 g/mol. The number of nitrogens with zero attached hydrogens (tertiary/aromatic N) is 2. The van der Waals surface area contributed by atoms with E-state index in [0.717, 1.165) is 0 Å². The van der Waals surface area contributed by atoms with Crippen LogP contribution in [-0.4, -0.2) is 61.4 Å². The van der Waals surface area contributed by atoms with Crippen molar-refractivity contribution < 1.29 is 9.59 Å². The number of likely N-dealkylation sites (N-methyl/N-ethyl adjacent to an activating group) is 1. The number of carbonyl (C=O) groups excluding carboxylic acids is 2. The van der Waals surface area contributed by atoms with Crippen LogP contribution in [0.2, 0.25) is 0 Å². The van der Waals surface area contributed by atoms with Crippen molar-refractivity contribution in [1.82, 2.24) is 15.1 Å². The molecule has 0 saturated carbocycles. The second kappa shape index (κ2) is 6.03. The van der Waals surface area contributed by atoms with Gasteiger partial charge in [0.25, 0.3) is 5.91 Å². The first-order chi connectivity index (χ1) is 9.11. The highest BCUT2D eigenvalue weighted by Crippen LogP contribution is 2.21. The molecular formula is C12H18N4O2S.